The zero-order chi connectivity index (χ0) is 22.5. The van der Waals surface area contributed by atoms with E-state index in [-0.39, 0.29) is 11.9 Å². The second kappa shape index (κ2) is 10.0. The minimum Gasteiger partial charge on any atom is -0.481 e. The summed E-state index contributed by atoms with van der Waals surface area (Å²) in [5.41, 5.74) is 7.34. The Labute approximate surface area is 191 Å². The maximum Gasteiger partial charge on any atom is 0.261 e. The summed E-state index contributed by atoms with van der Waals surface area (Å²) in [5.74, 6) is 0.703. The maximum atomic E-state index is 13.4. The van der Waals surface area contributed by atoms with E-state index in [0.29, 0.717) is 6.42 Å². The molecule has 1 aliphatic rings. The molecule has 3 aromatic carbocycles. The van der Waals surface area contributed by atoms with Crippen LogP contribution >= 0.6 is 0 Å². The van der Waals surface area contributed by atoms with Crippen molar-refractivity contribution in [3.8, 4) is 5.75 Å². The van der Waals surface area contributed by atoms with Gasteiger partial charge >= 0.3 is 0 Å². The predicted octanol–water partition coefficient (Wildman–Crippen LogP) is 6.25. The van der Waals surface area contributed by atoms with Crippen molar-refractivity contribution < 1.29 is 9.53 Å². The molecule has 0 unspecified atom stereocenters. The van der Waals surface area contributed by atoms with E-state index in [1.807, 2.05) is 31.2 Å². The number of hydrogen-bond donors (Lipinski definition) is 1. The van der Waals surface area contributed by atoms with Crippen LogP contribution in [-0.4, -0.2) is 12.0 Å². The molecule has 166 valence electrons. The fourth-order valence-corrected chi connectivity index (χ4v) is 4.64. The predicted molar refractivity (Wildman–Crippen MR) is 130 cm³/mol. The number of ether oxygens (including phenoxy) is 1. The maximum absolute atomic E-state index is 13.4. The largest absolute Gasteiger partial charge is 0.481 e. The molecule has 0 fully saturated rings. The van der Waals surface area contributed by atoms with Gasteiger partial charge in [-0.05, 0) is 85.9 Å². The summed E-state index contributed by atoms with van der Waals surface area (Å²) < 4.78 is 6.20. The van der Waals surface area contributed by atoms with Gasteiger partial charge in [-0.25, -0.2) is 0 Å². The molecular formula is C29H33NO2. The van der Waals surface area contributed by atoms with Crippen LogP contribution in [0.15, 0.2) is 66.7 Å². The van der Waals surface area contributed by atoms with E-state index in [1.165, 1.54) is 35.1 Å². The van der Waals surface area contributed by atoms with Crippen LogP contribution in [0.1, 0.15) is 65.6 Å². The van der Waals surface area contributed by atoms with Gasteiger partial charge in [0.15, 0.2) is 6.10 Å². The Kier molecular flexibility index (Phi) is 6.94. The summed E-state index contributed by atoms with van der Waals surface area (Å²) in [6.45, 7) is 6.19. The van der Waals surface area contributed by atoms with Crippen molar-refractivity contribution in [2.75, 3.05) is 0 Å². The van der Waals surface area contributed by atoms with Gasteiger partial charge in [0.25, 0.3) is 5.91 Å². The molecule has 0 aliphatic heterocycles. The Bertz CT molecular complexity index is 1070. The van der Waals surface area contributed by atoms with Crippen LogP contribution in [-0.2, 0) is 17.6 Å². The number of fused-ring (bicyclic) bond motifs is 1. The quantitative estimate of drug-likeness (QED) is 0.484. The Morgan fingerprint density at radius 3 is 2.41 bits per heavy atom. The van der Waals surface area contributed by atoms with Gasteiger partial charge in [0, 0.05) is 0 Å². The molecule has 1 aliphatic carbocycles. The highest BCUT2D eigenvalue weighted by Gasteiger charge is 2.25. The number of aryl methyl sites for hydroxylation is 4. The van der Waals surface area contributed by atoms with Crippen molar-refractivity contribution in [3.63, 3.8) is 0 Å². The van der Waals surface area contributed by atoms with Crippen molar-refractivity contribution in [1.29, 1.82) is 0 Å². The van der Waals surface area contributed by atoms with Gasteiger partial charge in [-0.1, -0.05) is 67.1 Å². The first-order valence-electron chi connectivity index (χ1n) is 11.8. The van der Waals surface area contributed by atoms with Crippen LogP contribution in [0.25, 0.3) is 0 Å². The van der Waals surface area contributed by atoms with Crippen molar-refractivity contribution in [2.24, 2.45) is 0 Å². The number of amides is 1. The summed E-state index contributed by atoms with van der Waals surface area (Å²) >= 11 is 0. The van der Waals surface area contributed by atoms with Gasteiger partial charge in [0.2, 0.25) is 0 Å². The second-order valence-electron chi connectivity index (χ2n) is 8.86. The average Bonchev–Trinajstić information content (AvgIpc) is 2.81. The third kappa shape index (κ3) is 5.04. The van der Waals surface area contributed by atoms with E-state index in [4.69, 9.17) is 4.74 Å². The SMILES string of the molecule is CC[C@@H](Oc1ccc2c(c1)CCCC2)C(=O)N[C@@H](c1ccccc1)c1ccc(C)cc1C. The molecule has 1 N–H and O–H groups in total. The third-order valence-corrected chi connectivity index (χ3v) is 6.42. The van der Waals surface area contributed by atoms with Crippen LogP contribution in [0.4, 0.5) is 0 Å². The van der Waals surface area contributed by atoms with Crippen molar-refractivity contribution >= 4 is 5.91 Å². The average molecular weight is 428 g/mol. The first kappa shape index (κ1) is 22.1. The number of benzene rings is 3. The van der Waals surface area contributed by atoms with Crippen LogP contribution in [0.5, 0.6) is 5.75 Å². The molecular weight excluding hydrogens is 394 g/mol. The molecule has 32 heavy (non-hydrogen) atoms. The lowest BCUT2D eigenvalue weighted by atomic mass is 9.92. The molecule has 0 radical (unpaired) electrons. The van der Waals surface area contributed by atoms with Crippen LogP contribution < -0.4 is 10.1 Å². The molecule has 0 spiro atoms. The molecule has 0 saturated heterocycles. The highest BCUT2D eigenvalue weighted by Crippen LogP contribution is 2.28. The number of carbonyl (C=O) groups excluding carboxylic acids is 1. The van der Waals surface area contributed by atoms with Crippen molar-refractivity contribution in [1.82, 2.24) is 5.32 Å². The van der Waals surface area contributed by atoms with Crippen molar-refractivity contribution in [2.45, 2.75) is 65.0 Å². The van der Waals surface area contributed by atoms with Crippen LogP contribution in [0.2, 0.25) is 0 Å². The van der Waals surface area contributed by atoms with E-state index in [1.54, 1.807) is 0 Å². The molecule has 4 rings (SSSR count). The molecule has 3 aromatic rings. The second-order valence-corrected chi connectivity index (χ2v) is 8.86. The zero-order valence-corrected chi connectivity index (χ0v) is 19.4. The molecule has 1 amide bonds. The molecule has 2 atom stereocenters. The Hall–Kier alpha value is -3.07. The van der Waals surface area contributed by atoms with Crippen LogP contribution in [0.3, 0.4) is 0 Å². The molecule has 0 bridgehead atoms. The molecule has 0 saturated carbocycles. The smallest absolute Gasteiger partial charge is 0.261 e. The Morgan fingerprint density at radius 2 is 1.69 bits per heavy atom. The fourth-order valence-electron chi connectivity index (χ4n) is 4.64. The Morgan fingerprint density at radius 1 is 0.938 bits per heavy atom. The van der Waals surface area contributed by atoms with Gasteiger partial charge < -0.3 is 10.1 Å². The number of carbonyl (C=O) groups is 1. The lowest BCUT2D eigenvalue weighted by molar-refractivity contribution is -0.128. The van der Waals surface area contributed by atoms with Gasteiger partial charge in [0.1, 0.15) is 5.75 Å². The van der Waals surface area contributed by atoms with E-state index < -0.39 is 6.10 Å². The van der Waals surface area contributed by atoms with Gasteiger partial charge in [-0.3, -0.25) is 4.79 Å². The molecule has 0 heterocycles. The number of nitrogens with one attached hydrogen (secondary N) is 1. The highest BCUT2D eigenvalue weighted by molar-refractivity contribution is 5.82. The van der Waals surface area contributed by atoms with Gasteiger partial charge in [-0.15, -0.1) is 0 Å². The number of hydrogen-bond acceptors (Lipinski definition) is 2. The summed E-state index contributed by atoms with van der Waals surface area (Å²) in [6.07, 6.45) is 4.79. The summed E-state index contributed by atoms with van der Waals surface area (Å²) in [4.78, 5) is 13.4. The van der Waals surface area contributed by atoms with Crippen molar-refractivity contribution in [3.05, 3.63) is 100 Å². The minimum atomic E-state index is -0.534. The topological polar surface area (TPSA) is 38.3 Å². The molecule has 3 heteroatoms. The summed E-state index contributed by atoms with van der Waals surface area (Å²) in [5, 5.41) is 3.28. The highest BCUT2D eigenvalue weighted by atomic mass is 16.5. The lowest BCUT2D eigenvalue weighted by Gasteiger charge is -2.25. The van der Waals surface area contributed by atoms with Gasteiger partial charge in [-0.2, -0.15) is 0 Å². The first-order chi connectivity index (χ1) is 15.5. The lowest BCUT2D eigenvalue weighted by Crippen LogP contribution is -2.40. The van der Waals surface area contributed by atoms with E-state index in [2.05, 4.69) is 61.6 Å². The van der Waals surface area contributed by atoms with E-state index >= 15 is 0 Å². The normalized spacial score (nSPS) is 14.8. The summed E-state index contributed by atoms with van der Waals surface area (Å²) in [6, 6.07) is 22.6. The summed E-state index contributed by atoms with van der Waals surface area (Å²) in [7, 11) is 0. The minimum absolute atomic E-state index is 0.0842. The number of rotatable bonds is 7. The molecule has 3 nitrogen and oxygen atoms in total. The zero-order valence-electron chi connectivity index (χ0n) is 19.4. The third-order valence-electron chi connectivity index (χ3n) is 6.42. The van der Waals surface area contributed by atoms with Crippen LogP contribution in [0, 0.1) is 13.8 Å². The first-order valence-corrected chi connectivity index (χ1v) is 11.8. The standard InChI is InChI=1S/C29H33NO2/c1-4-27(32-25-16-15-22-10-8-9-13-24(22)19-25)29(31)30-28(23-11-6-5-7-12-23)26-17-14-20(2)18-21(26)3/h5-7,11-12,14-19,27-28H,4,8-10,13H2,1-3H3,(H,30,31)/t27-,28+/m1/s1. The van der Waals surface area contributed by atoms with E-state index in [0.717, 1.165) is 29.7 Å². The van der Waals surface area contributed by atoms with E-state index in [9.17, 15) is 4.79 Å². The fraction of sp³-hybridized carbons (Fsp3) is 0.345. The van der Waals surface area contributed by atoms with Gasteiger partial charge in [0.05, 0.1) is 6.04 Å². The molecule has 0 aromatic heterocycles. The monoisotopic (exact) mass is 427 g/mol. The Balaban J connectivity index is 1.56.